The number of benzene rings is 2. The maximum Gasteiger partial charge on any atom is 0.417 e. The Labute approximate surface area is 134 Å². The highest BCUT2D eigenvalue weighted by Crippen LogP contribution is 2.36. The van der Waals surface area contributed by atoms with Gasteiger partial charge in [-0.3, -0.25) is 9.59 Å². The number of hydrogen-bond donors (Lipinski definition) is 0. The Morgan fingerprint density at radius 2 is 1.74 bits per heavy atom. The number of nitrogens with zero attached hydrogens (tertiary/aromatic N) is 1. The van der Waals surface area contributed by atoms with E-state index >= 15 is 0 Å². The largest absolute Gasteiger partial charge is 0.417 e. The van der Waals surface area contributed by atoms with Gasteiger partial charge in [-0.05, 0) is 29.8 Å². The first-order chi connectivity index (χ1) is 10.8. The van der Waals surface area contributed by atoms with Gasteiger partial charge in [0.05, 0.1) is 28.4 Å². The molecule has 7 heteroatoms. The van der Waals surface area contributed by atoms with Gasteiger partial charge in [0, 0.05) is 0 Å². The molecule has 2 aromatic carbocycles. The third-order valence-electron chi connectivity index (χ3n) is 3.56. The van der Waals surface area contributed by atoms with Crippen molar-refractivity contribution in [1.29, 1.82) is 0 Å². The SMILES string of the molecule is O=C1C(=O)N(Cc2ccc(Cl)c(C(F)(F)F)c2)c2ccccc21. The van der Waals surface area contributed by atoms with Gasteiger partial charge in [0.2, 0.25) is 0 Å². The molecule has 118 valence electrons. The Morgan fingerprint density at radius 1 is 1.04 bits per heavy atom. The monoisotopic (exact) mass is 339 g/mol. The van der Waals surface area contributed by atoms with Crippen molar-refractivity contribution in [2.45, 2.75) is 12.7 Å². The fraction of sp³-hybridized carbons (Fsp3) is 0.125. The van der Waals surface area contributed by atoms with E-state index in [2.05, 4.69) is 0 Å². The first-order valence-electron chi connectivity index (χ1n) is 6.60. The zero-order chi connectivity index (χ0) is 16.8. The van der Waals surface area contributed by atoms with Crippen molar-refractivity contribution >= 4 is 29.0 Å². The molecule has 0 saturated carbocycles. The lowest BCUT2D eigenvalue weighted by molar-refractivity contribution is -0.137. The molecule has 1 heterocycles. The topological polar surface area (TPSA) is 37.4 Å². The summed E-state index contributed by atoms with van der Waals surface area (Å²) in [7, 11) is 0. The van der Waals surface area contributed by atoms with Crippen molar-refractivity contribution in [2.75, 3.05) is 4.90 Å². The molecule has 0 bridgehead atoms. The van der Waals surface area contributed by atoms with Crippen molar-refractivity contribution in [3.8, 4) is 0 Å². The van der Waals surface area contributed by atoms with E-state index in [0.29, 0.717) is 5.69 Å². The maximum atomic E-state index is 12.9. The lowest BCUT2D eigenvalue weighted by Gasteiger charge is -2.18. The summed E-state index contributed by atoms with van der Waals surface area (Å²) in [5, 5.41) is -0.412. The number of rotatable bonds is 2. The summed E-state index contributed by atoms with van der Waals surface area (Å²) in [6.45, 7) is -0.137. The van der Waals surface area contributed by atoms with Crippen LogP contribution in [0, 0.1) is 0 Å². The maximum absolute atomic E-state index is 12.9. The van der Waals surface area contributed by atoms with Gasteiger partial charge in [0.1, 0.15) is 0 Å². The molecule has 1 amide bonds. The van der Waals surface area contributed by atoms with E-state index in [-0.39, 0.29) is 17.7 Å². The zero-order valence-electron chi connectivity index (χ0n) is 11.5. The Kier molecular flexibility index (Phi) is 3.64. The van der Waals surface area contributed by atoms with E-state index in [4.69, 9.17) is 11.6 Å². The minimum atomic E-state index is -4.59. The molecule has 1 aliphatic heterocycles. The van der Waals surface area contributed by atoms with Crippen molar-refractivity contribution < 1.29 is 22.8 Å². The molecule has 0 aliphatic carbocycles. The zero-order valence-corrected chi connectivity index (χ0v) is 12.3. The Bertz CT molecular complexity index is 817. The number of Topliss-reactive ketones (excluding diaryl/α,β-unsaturated/α-hetero) is 1. The lowest BCUT2D eigenvalue weighted by atomic mass is 10.1. The molecule has 3 rings (SSSR count). The van der Waals surface area contributed by atoms with Crippen molar-refractivity contribution in [2.24, 2.45) is 0 Å². The fourth-order valence-corrected chi connectivity index (χ4v) is 2.70. The lowest BCUT2D eigenvalue weighted by Crippen LogP contribution is -2.29. The average Bonchev–Trinajstić information content (AvgIpc) is 2.73. The van der Waals surface area contributed by atoms with Gasteiger partial charge in [-0.25, -0.2) is 0 Å². The van der Waals surface area contributed by atoms with Gasteiger partial charge in [-0.2, -0.15) is 13.2 Å². The van der Waals surface area contributed by atoms with Gasteiger partial charge in [0.25, 0.3) is 11.7 Å². The van der Waals surface area contributed by atoms with Crippen LogP contribution in [0.25, 0.3) is 0 Å². The summed E-state index contributed by atoms with van der Waals surface area (Å²) >= 11 is 5.58. The number of amides is 1. The molecule has 0 saturated heterocycles. The minimum absolute atomic E-state index is 0.137. The van der Waals surface area contributed by atoms with Crippen LogP contribution >= 0.6 is 11.6 Å². The predicted molar refractivity (Wildman–Crippen MR) is 78.4 cm³/mol. The first kappa shape index (κ1) is 15.6. The summed E-state index contributed by atoms with van der Waals surface area (Å²) in [4.78, 5) is 25.1. The second-order valence-electron chi connectivity index (χ2n) is 5.05. The van der Waals surface area contributed by atoms with Crippen LogP contribution in [0.1, 0.15) is 21.5 Å². The first-order valence-corrected chi connectivity index (χ1v) is 6.97. The Hall–Kier alpha value is -2.34. The van der Waals surface area contributed by atoms with Crippen LogP contribution < -0.4 is 4.90 Å². The van der Waals surface area contributed by atoms with E-state index in [9.17, 15) is 22.8 Å². The van der Waals surface area contributed by atoms with Crippen LogP contribution in [-0.2, 0) is 17.5 Å². The molecule has 0 N–H and O–H groups in total. The second kappa shape index (κ2) is 5.38. The molecule has 0 atom stereocenters. The number of para-hydroxylation sites is 1. The smallest absolute Gasteiger partial charge is 0.300 e. The number of halogens is 4. The van der Waals surface area contributed by atoms with Gasteiger partial charge >= 0.3 is 6.18 Å². The fourth-order valence-electron chi connectivity index (χ4n) is 2.48. The molecular weight excluding hydrogens is 331 g/mol. The summed E-state index contributed by atoms with van der Waals surface area (Å²) in [6.07, 6.45) is -4.59. The molecular formula is C16H9ClF3NO2. The van der Waals surface area contributed by atoms with Gasteiger partial charge < -0.3 is 4.90 Å². The molecule has 3 nitrogen and oxygen atoms in total. The van der Waals surface area contributed by atoms with Crippen molar-refractivity contribution in [3.63, 3.8) is 0 Å². The van der Waals surface area contributed by atoms with Crippen LogP contribution in [-0.4, -0.2) is 11.7 Å². The van der Waals surface area contributed by atoms with Crippen LogP contribution in [0.3, 0.4) is 0 Å². The summed E-state index contributed by atoms with van der Waals surface area (Å²) in [6, 6.07) is 9.79. The van der Waals surface area contributed by atoms with Crippen LogP contribution in [0.5, 0.6) is 0 Å². The van der Waals surface area contributed by atoms with Crippen LogP contribution in [0.15, 0.2) is 42.5 Å². The summed E-state index contributed by atoms with van der Waals surface area (Å²) < 4.78 is 38.7. The standard InChI is InChI=1S/C16H9ClF3NO2/c17-12-6-5-9(7-11(12)16(18,19)20)8-21-13-4-2-1-3-10(13)14(22)15(21)23/h1-7H,8H2. The van der Waals surface area contributed by atoms with E-state index in [1.165, 1.54) is 17.0 Å². The molecule has 23 heavy (non-hydrogen) atoms. The van der Waals surface area contributed by atoms with Crippen molar-refractivity contribution in [1.82, 2.24) is 0 Å². The highest BCUT2D eigenvalue weighted by Gasteiger charge is 2.36. The highest BCUT2D eigenvalue weighted by molar-refractivity contribution is 6.52. The highest BCUT2D eigenvalue weighted by atomic mass is 35.5. The molecule has 0 fully saturated rings. The average molecular weight is 340 g/mol. The second-order valence-corrected chi connectivity index (χ2v) is 5.46. The van der Waals surface area contributed by atoms with E-state index < -0.39 is 28.5 Å². The number of ketones is 1. The molecule has 1 aliphatic rings. The van der Waals surface area contributed by atoms with Gasteiger partial charge in [-0.1, -0.05) is 29.8 Å². The molecule has 0 radical (unpaired) electrons. The van der Waals surface area contributed by atoms with Crippen LogP contribution in [0.4, 0.5) is 18.9 Å². The number of anilines is 1. The van der Waals surface area contributed by atoms with E-state index in [0.717, 1.165) is 12.1 Å². The van der Waals surface area contributed by atoms with Crippen molar-refractivity contribution in [3.05, 3.63) is 64.2 Å². The van der Waals surface area contributed by atoms with E-state index in [1.807, 2.05) is 0 Å². The molecule has 0 spiro atoms. The molecule has 0 unspecified atom stereocenters. The number of carbonyl (C=O) groups is 2. The summed E-state index contributed by atoms with van der Waals surface area (Å²) in [5.41, 5.74) is -0.0870. The number of hydrogen-bond acceptors (Lipinski definition) is 2. The number of alkyl halides is 3. The Morgan fingerprint density at radius 3 is 2.43 bits per heavy atom. The third-order valence-corrected chi connectivity index (χ3v) is 3.89. The minimum Gasteiger partial charge on any atom is -0.300 e. The Balaban J connectivity index is 1.97. The predicted octanol–water partition coefficient (Wildman–Crippen LogP) is 4.09. The molecule has 2 aromatic rings. The third kappa shape index (κ3) is 2.70. The summed E-state index contributed by atoms with van der Waals surface area (Å²) in [5.74, 6) is -1.42. The normalized spacial score (nSPS) is 14.3. The quantitative estimate of drug-likeness (QED) is 0.773. The number of fused-ring (bicyclic) bond motifs is 1. The van der Waals surface area contributed by atoms with E-state index in [1.54, 1.807) is 18.2 Å². The van der Waals surface area contributed by atoms with Gasteiger partial charge in [0.15, 0.2) is 0 Å². The number of carbonyl (C=O) groups excluding carboxylic acids is 2. The van der Waals surface area contributed by atoms with Gasteiger partial charge in [-0.15, -0.1) is 0 Å². The van der Waals surface area contributed by atoms with Crippen LogP contribution in [0.2, 0.25) is 5.02 Å². The molecule has 0 aromatic heterocycles.